The van der Waals surface area contributed by atoms with Gasteiger partial charge in [0.05, 0.1) is 5.60 Å². The highest BCUT2D eigenvalue weighted by Gasteiger charge is 2.63. The van der Waals surface area contributed by atoms with Crippen molar-refractivity contribution in [3.8, 4) is 0 Å². The van der Waals surface area contributed by atoms with E-state index in [0.29, 0.717) is 11.3 Å². The monoisotopic (exact) mass is 476 g/mol. The second kappa shape index (κ2) is 9.30. The quantitative estimate of drug-likeness (QED) is 0.453. The van der Waals surface area contributed by atoms with Crippen LogP contribution in [0.5, 0.6) is 0 Å². The highest BCUT2D eigenvalue weighted by atomic mass is 19.4. The Morgan fingerprint density at radius 1 is 0.912 bits per heavy atom. The lowest BCUT2D eigenvalue weighted by atomic mass is 9.44. The minimum atomic E-state index is -4.00. The van der Waals surface area contributed by atoms with E-state index in [2.05, 4.69) is 63.3 Å². The molecule has 0 spiro atoms. The van der Waals surface area contributed by atoms with Crippen molar-refractivity contribution in [3.05, 3.63) is 42.0 Å². The normalized spacial score (nSPS) is 43.9. The summed E-state index contributed by atoms with van der Waals surface area (Å²) in [6.45, 7) is 7.74. The fourth-order valence-corrected chi connectivity index (χ4v) is 8.60. The molecule has 1 N–H and O–H groups in total. The van der Waals surface area contributed by atoms with Crippen molar-refractivity contribution in [1.29, 1.82) is 0 Å². The lowest BCUT2D eigenvalue weighted by Crippen LogP contribution is -2.56. The maximum absolute atomic E-state index is 11.8. The molecular weight excluding hydrogens is 433 g/mol. The highest BCUT2D eigenvalue weighted by Crippen LogP contribution is 2.68. The number of alkyl halides is 3. The van der Waals surface area contributed by atoms with Gasteiger partial charge in [-0.05, 0) is 91.9 Å². The van der Waals surface area contributed by atoms with Gasteiger partial charge >= 0.3 is 6.18 Å². The van der Waals surface area contributed by atoms with Gasteiger partial charge in [0.1, 0.15) is 0 Å². The molecule has 0 saturated heterocycles. The van der Waals surface area contributed by atoms with E-state index in [-0.39, 0.29) is 12.3 Å². The molecule has 0 aliphatic heterocycles. The molecule has 4 heteroatoms. The van der Waals surface area contributed by atoms with Crippen LogP contribution in [0.1, 0.15) is 91.0 Å². The first-order valence-electron chi connectivity index (χ1n) is 13.4. The zero-order valence-corrected chi connectivity index (χ0v) is 21.4. The van der Waals surface area contributed by atoms with Gasteiger partial charge in [-0.1, -0.05) is 69.7 Å². The molecule has 4 saturated carbocycles. The molecule has 1 aromatic carbocycles. The lowest BCUT2D eigenvalue weighted by molar-refractivity contribution is -0.140. The van der Waals surface area contributed by atoms with Gasteiger partial charge in [-0.3, -0.25) is 0 Å². The molecular formula is C30H43F3O. The van der Waals surface area contributed by atoms with Crippen LogP contribution in [0.3, 0.4) is 0 Å². The molecule has 4 aliphatic rings. The van der Waals surface area contributed by atoms with E-state index in [4.69, 9.17) is 0 Å². The summed E-state index contributed by atoms with van der Waals surface area (Å²) in [4.78, 5) is 0. The predicted molar refractivity (Wildman–Crippen MR) is 133 cm³/mol. The number of fused-ring (bicyclic) bond motifs is 5. The molecule has 5 rings (SSSR count). The van der Waals surface area contributed by atoms with E-state index in [9.17, 15) is 18.3 Å². The first-order valence-corrected chi connectivity index (χ1v) is 13.4. The van der Waals surface area contributed by atoms with Gasteiger partial charge in [0.15, 0.2) is 0 Å². The summed E-state index contributed by atoms with van der Waals surface area (Å²) >= 11 is 0. The van der Waals surface area contributed by atoms with Crippen LogP contribution in [-0.4, -0.2) is 16.9 Å². The summed E-state index contributed by atoms with van der Waals surface area (Å²) in [5.74, 6) is 4.31. The third kappa shape index (κ3) is 4.86. The van der Waals surface area contributed by atoms with Crippen molar-refractivity contribution in [1.82, 2.24) is 0 Å². The Labute approximate surface area is 204 Å². The predicted octanol–water partition coefficient (Wildman–Crippen LogP) is 8.68. The molecule has 7 unspecified atom stereocenters. The largest absolute Gasteiger partial charge is 0.386 e. The summed E-state index contributed by atoms with van der Waals surface area (Å²) in [7, 11) is 0. The number of rotatable bonds is 2. The average Bonchev–Trinajstić information content (AvgIpc) is 3.04. The minimum absolute atomic E-state index is 0.0462. The molecule has 0 aromatic heterocycles. The van der Waals surface area contributed by atoms with Crippen molar-refractivity contribution >= 4 is 6.08 Å². The van der Waals surface area contributed by atoms with E-state index in [0.717, 1.165) is 30.1 Å². The maximum Gasteiger partial charge on any atom is 0.386 e. The molecule has 0 heterocycles. The standard InChI is InChI=1S/C28H40O.C2H3F3/c1-20-11-15-26(2)22(19-20)9-10-23-24(26)13-16-27(3)25(23)14-18-28(27,29)17-12-21-7-5-4-6-8-21;1-2(3,4)5/h4-8,12,17,20,22-25,29H,9-11,13-16,18-19H2,1-3H3;1H3/b17-12+;/t20?,22?,23?,24?,25?,26?,27?,28-;/m0./s1. The Kier molecular flexibility index (Phi) is 7.05. The van der Waals surface area contributed by atoms with Crippen molar-refractivity contribution in [2.75, 3.05) is 0 Å². The average molecular weight is 477 g/mol. The number of aliphatic hydroxyl groups is 1. The topological polar surface area (TPSA) is 20.2 Å². The van der Waals surface area contributed by atoms with E-state index in [1.807, 2.05) is 0 Å². The van der Waals surface area contributed by atoms with Crippen LogP contribution in [0.4, 0.5) is 13.2 Å². The van der Waals surface area contributed by atoms with Crippen LogP contribution < -0.4 is 0 Å². The first-order chi connectivity index (χ1) is 15.9. The summed E-state index contributed by atoms with van der Waals surface area (Å²) in [5.41, 5.74) is 1.17. The molecule has 1 aromatic rings. The van der Waals surface area contributed by atoms with Gasteiger partial charge in [0, 0.05) is 12.3 Å². The SMILES string of the molecule is CC(F)(F)F.CC1CCC2(C)C(CCC3C2CCC2(C)C3CC[C@@]2(O)/C=C/c2ccccc2)C1. The van der Waals surface area contributed by atoms with Crippen LogP contribution >= 0.6 is 0 Å². The summed E-state index contributed by atoms with van der Waals surface area (Å²) in [6.07, 6.45) is 12.2. The van der Waals surface area contributed by atoms with Crippen molar-refractivity contribution in [2.45, 2.75) is 97.3 Å². The van der Waals surface area contributed by atoms with Gasteiger partial charge in [-0.2, -0.15) is 13.2 Å². The van der Waals surface area contributed by atoms with Gasteiger partial charge in [0.25, 0.3) is 0 Å². The van der Waals surface area contributed by atoms with Crippen LogP contribution in [0.25, 0.3) is 6.08 Å². The molecule has 4 aliphatic carbocycles. The summed E-state index contributed by atoms with van der Waals surface area (Å²) in [5, 5.41) is 11.8. The maximum atomic E-state index is 11.8. The molecule has 4 fully saturated rings. The third-order valence-corrected chi connectivity index (χ3v) is 10.5. The van der Waals surface area contributed by atoms with Gasteiger partial charge in [-0.25, -0.2) is 0 Å². The Balaban J connectivity index is 0.000000499. The van der Waals surface area contributed by atoms with Crippen LogP contribution in [0.15, 0.2) is 36.4 Å². The lowest BCUT2D eigenvalue weighted by Gasteiger charge is -2.61. The zero-order chi connectivity index (χ0) is 24.8. The van der Waals surface area contributed by atoms with Crippen LogP contribution in [0, 0.1) is 40.4 Å². The number of hydrogen-bond acceptors (Lipinski definition) is 1. The first kappa shape index (κ1) is 25.8. The minimum Gasteiger partial charge on any atom is -0.385 e. The number of hydrogen-bond donors (Lipinski definition) is 1. The third-order valence-electron chi connectivity index (χ3n) is 10.5. The Bertz CT molecular complexity index is 858. The number of halogens is 3. The van der Waals surface area contributed by atoms with Gasteiger partial charge in [0.2, 0.25) is 0 Å². The molecule has 34 heavy (non-hydrogen) atoms. The van der Waals surface area contributed by atoms with E-state index in [1.54, 1.807) is 0 Å². The van der Waals surface area contributed by atoms with Gasteiger partial charge in [-0.15, -0.1) is 0 Å². The van der Waals surface area contributed by atoms with Crippen molar-refractivity contribution in [2.24, 2.45) is 40.4 Å². The van der Waals surface area contributed by atoms with Crippen LogP contribution in [-0.2, 0) is 0 Å². The fraction of sp³-hybridized carbons (Fsp3) is 0.733. The van der Waals surface area contributed by atoms with Crippen LogP contribution in [0.2, 0.25) is 0 Å². The molecule has 190 valence electrons. The molecule has 0 radical (unpaired) electrons. The van der Waals surface area contributed by atoms with E-state index in [1.165, 1.54) is 56.9 Å². The number of benzene rings is 1. The zero-order valence-electron chi connectivity index (χ0n) is 21.4. The summed E-state index contributed by atoms with van der Waals surface area (Å²) in [6, 6.07) is 10.5. The van der Waals surface area contributed by atoms with Crippen molar-refractivity contribution in [3.63, 3.8) is 0 Å². The second-order valence-electron chi connectivity index (χ2n) is 12.5. The molecule has 8 atom stereocenters. The molecule has 0 amide bonds. The Morgan fingerprint density at radius 2 is 1.56 bits per heavy atom. The Hall–Kier alpha value is -1.29. The molecule has 1 nitrogen and oxygen atoms in total. The van der Waals surface area contributed by atoms with E-state index < -0.39 is 11.8 Å². The highest BCUT2D eigenvalue weighted by molar-refractivity contribution is 5.51. The van der Waals surface area contributed by atoms with Crippen molar-refractivity contribution < 1.29 is 18.3 Å². The Morgan fingerprint density at radius 3 is 2.24 bits per heavy atom. The fourth-order valence-electron chi connectivity index (χ4n) is 8.60. The molecule has 0 bridgehead atoms. The van der Waals surface area contributed by atoms with Gasteiger partial charge < -0.3 is 5.11 Å². The smallest absolute Gasteiger partial charge is 0.385 e. The summed E-state index contributed by atoms with van der Waals surface area (Å²) < 4.78 is 31.1. The van der Waals surface area contributed by atoms with E-state index >= 15 is 0 Å². The second-order valence-corrected chi connectivity index (χ2v) is 12.5.